The fourth-order valence-electron chi connectivity index (χ4n) is 1.80. The average Bonchev–Trinajstić information content (AvgIpc) is 2.37. The molecule has 0 bridgehead atoms. The maximum atomic E-state index is 12.1. The van der Waals surface area contributed by atoms with Crippen molar-refractivity contribution in [2.24, 2.45) is 11.5 Å². The van der Waals surface area contributed by atoms with Crippen LogP contribution in [0.2, 0.25) is 0 Å². The van der Waals surface area contributed by atoms with Gasteiger partial charge >= 0.3 is 0 Å². The van der Waals surface area contributed by atoms with E-state index in [-0.39, 0.29) is 30.0 Å². The molecule has 0 aliphatic carbocycles. The van der Waals surface area contributed by atoms with Crippen LogP contribution in [0, 0.1) is 0 Å². The summed E-state index contributed by atoms with van der Waals surface area (Å²) >= 11 is 4.94. The smallest absolute Gasteiger partial charge is 0.238 e. The van der Waals surface area contributed by atoms with Crippen molar-refractivity contribution < 1.29 is 9.59 Å². The molecule has 7 heteroatoms. The molecule has 2 amide bonds. The van der Waals surface area contributed by atoms with Crippen LogP contribution in [0.4, 0.5) is 5.69 Å². The Labute approximate surface area is 129 Å². The molecule has 1 aromatic rings. The summed E-state index contributed by atoms with van der Waals surface area (Å²) in [6.45, 7) is 3.87. The van der Waals surface area contributed by atoms with Crippen LogP contribution in [0.25, 0.3) is 0 Å². The second-order valence-electron chi connectivity index (χ2n) is 4.92. The Bertz CT molecular complexity index is 546. The number of primary amides is 1. The summed E-state index contributed by atoms with van der Waals surface area (Å²) in [4.78, 5) is 25.0. The number of hydrogen-bond acceptors (Lipinski definition) is 4. The molecule has 0 saturated heterocycles. The standard InChI is InChI=1S/C14H20N4O2S/c1-9(2)18(7-12(15)19)8-13(20)17-11-6-4-3-5-10(11)14(16)21/h3-6,9H,7-8H2,1-2H3,(H2,15,19)(H2,16,21)(H,17,20). The van der Waals surface area contributed by atoms with Crippen molar-refractivity contribution in [3.05, 3.63) is 29.8 Å². The highest BCUT2D eigenvalue weighted by molar-refractivity contribution is 7.80. The predicted octanol–water partition coefficient (Wildman–Crippen LogP) is 0.455. The van der Waals surface area contributed by atoms with Crippen LogP contribution in [0.1, 0.15) is 19.4 Å². The lowest BCUT2D eigenvalue weighted by Crippen LogP contribution is -2.43. The summed E-state index contributed by atoms with van der Waals surface area (Å²) < 4.78 is 0. The Morgan fingerprint density at radius 2 is 1.86 bits per heavy atom. The van der Waals surface area contributed by atoms with Crippen LogP contribution in [0.15, 0.2) is 24.3 Å². The van der Waals surface area contributed by atoms with Crippen molar-refractivity contribution in [2.75, 3.05) is 18.4 Å². The van der Waals surface area contributed by atoms with E-state index in [1.54, 1.807) is 29.2 Å². The fourth-order valence-corrected chi connectivity index (χ4v) is 1.98. The second kappa shape index (κ2) is 7.70. The van der Waals surface area contributed by atoms with Crippen LogP contribution in [-0.2, 0) is 9.59 Å². The summed E-state index contributed by atoms with van der Waals surface area (Å²) in [6.07, 6.45) is 0. The van der Waals surface area contributed by atoms with Gasteiger partial charge in [-0.15, -0.1) is 0 Å². The predicted molar refractivity (Wildman–Crippen MR) is 86.9 cm³/mol. The van der Waals surface area contributed by atoms with E-state index in [1.807, 2.05) is 13.8 Å². The molecule has 1 rings (SSSR count). The molecule has 114 valence electrons. The number of carbonyl (C=O) groups is 2. The minimum absolute atomic E-state index is 0.0223. The fraction of sp³-hybridized carbons (Fsp3) is 0.357. The van der Waals surface area contributed by atoms with Crippen LogP contribution in [0.3, 0.4) is 0 Å². The Kier molecular flexibility index (Phi) is 6.26. The van der Waals surface area contributed by atoms with Gasteiger partial charge in [-0.25, -0.2) is 0 Å². The quantitative estimate of drug-likeness (QED) is 0.635. The molecule has 0 unspecified atom stereocenters. The SMILES string of the molecule is CC(C)N(CC(N)=O)CC(=O)Nc1ccccc1C(N)=S. The van der Waals surface area contributed by atoms with Gasteiger partial charge in [-0.1, -0.05) is 24.4 Å². The van der Waals surface area contributed by atoms with Crippen LogP contribution in [-0.4, -0.2) is 40.8 Å². The minimum Gasteiger partial charge on any atom is -0.389 e. The largest absolute Gasteiger partial charge is 0.389 e. The first-order valence-corrected chi connectivity index (χ1v) is 6.93. The summed E-state index contributed by atoms with van der Waals surface area (Å²) in [5.74, 6) is -0.728. The van der Waals surface area contributed by atoms with E-state index in [2.05, 4.69) is 5.32 Å². The lowest BCUT2D eigenvalue weighted by atomic mass is 10.1. The van der Waals surface area contributed by atoms with Crippen molar-refractivity contribution in [1.82, 2.24) is 4.90 Å². The Balaban J connectivity index is 2.77. The number of amides is 2. The second-order valence-corrected chi connectivity index (χ2v) is 5.36. The van der Waals surface area contributed by atoms with Gasteiger partial charge in [0.15, 0.2) is 0 Å². The van der Waals surface area contributed by atoms with E-state index in [4.69, 9.17) is 23.7 Å². The highest BCUT2D eigenvalue weighted by atomic mass is 32.1. The number of nitrogens with one attached hydrogen (secondary N) is 1. The molecule has 0 atom stereocenters. The third-order valence-electron chi connectivity index (χ3n) is 2.90. The molecule has 6 nitrogen and oxygen atoms in total. The van der Waals surface area contributed by atoms with Crippen molar-refractivity contribution in [3.8, 4) is 0 Å². The molecule has 0 fully saturated rings. The van der Waals surface area contributed by atoms with Gasteiger partial charge in [0.2, 0.25) is 11.8 Å². The molecule has 0 aliphatic rings. The third kappa shape index (κ3) is 5.49. The van der Waals surface area contributed by atoms with Gasteiger partial charge < -0.3 is 16.8 Å². The highest BCUT2D eigenvalue weighted by Crippen LogP contribution is 2.14. The normalized spacial score (nSPS) is 10.7. The van der Waals surface area contributed by atoms with Gasteiger partial charge in [0, 0.05) is 11.6 Å². The molecule has 0 saturated carbocycles. The van der Waals surface area contributed by atoms with E-state index >= 15 is 0 Å². The van der Waals surface area contributed by atoms with Gasteiger partial charge in [-0.2, -0.15) is 0 Å². The van der Waals surface area contributed by atoms with Gasteiger partial charge in [-0.05, 0) is 26.0 Å². The van der Waals surface area contributed by atoms with E-state index in [0.29, 0.717) is 11.3 Å². The van der Waals surface area contributed by atoms with Crippen LogP contribution in [0.5, 0.6) is 0 Å². The molecule has 21 heavy (non-hydrogen) atoms. The van der Waals surface area contributed by atoms with Crippen molar-refractivity contribution in [1.29, 1.82) is 0 Å². The first kappa shape index (κ1) is 17.1. The molecule has 0 aliphatic heterocycles. The number of carbonyl (C=O) groups excluding carboxylic acids is 2. The Morgan fingerprint density at radius 1 is 1.24 bits per heavy atom. The third-order valence-corrected chi connectivity index (χ3v) is 3.12. The zero-order chi connectivity index (χ0) is 16.0. The number of nitrogens with zero attached hydrogens (tertiary/aromatic N) is 1. The molecule has 0 aromatic heterocycles. The van der Waals surface area contributed by atoms with Gasteiger partial charge in [0.05, 0.1) is 18.8 Å². The molecule has 0 spiro atoms. The molecular formula is C14H20N4O2S. The number of para-hydroxylation sites is 1. The maximum absolute atomic E-state index is 12.1. The van der Waals surface area contributed by atoms with Crippen molar-refractivity contribution >= 4 is 34.7 Å². The zero-order valence-electron chi connectivity index (χ0n) is 12.1. The lowest BCUT2D eigenvalue weighted by Gasteiger charge is -2.24. The molecular weight excluding hydrogens is 288 g/mol. The number of nitrogens with two attached hydrogens (primary N) is 2. The maximum Gasteiger partial charge on any atom is 0.238 e. The summed E-state index contributed by atoms with van der Waals surface area (Å²) in [6, 6.07) is 7.05. The summed E-state index contributed by atoms with van der Waals surface area (Å²) in [5.41, 5.74) is 11.9. The molecule has 5 N–H and O–H groups in total. The summed E-state index contributed by atoms with van der Waals surface area (Å²) in [7, 11) is 0. The first-order valence-electron chi connectivity index (χ1n) is 6.52. The number of benzene rings is 1. The molecule has 1 aromatic carbocycles. The van der Waals surface area contributed by atoms with Crippen LogP contribution < -0.4 is 16.8 Å². The van der Waals surface area contributed by atoms with E-state index < -0.39 is 5.91 Å². The Morgan fingerprint density at radius 3 is 2.38 bits per heavy atom. The lowest BCUT2D eigenvalue weighted by molar-refractivity contribution is -0.121. The van der Waals surface area contributed by atoms with Gasteiger partial charge in [0.25, 0.3) is 0 Å². The van der Waals surface area contributed by atoms with E-state index in [0.717, 1.165) is 0 Å². The first-order chi connectivity index (χ1) is 9.81. The van der Waals surface area contributed by atoms with Gasteiger partial charge in [-0.3, -0.25) is 14.5 Å². The number of rotatable bonds is 7. The minimum atomic E-state index is -0.472. The zero-order valence-corrected chi connectivity index (χ0v) is 12.9. The van der Waals surface area contributed by atoms with Crippen molar-refractivity contribution in [3.63, 3.8) is 0 Å². The topological polar surface area (TPSA) is 101 Å². The Hall–Kier alpha value is -1.99. The van der Waals surface area contributed by atoms with Crippen LogP contribution >= 0.6 is 12.2 Å². The van der Waals surface area contributed by atoms with E-state index in [1.165, 1.54) is 0 Å². The molecule has 0 heterocycles. The summed E-state index contributed by atoms with van der Waals surface area (Å²) in [5, 5.41) is 2.75. The average molecular weight is 308 g/mol. The van der Waals surface area contributed by atoms with Crippen molar-refractivity contribution in [2.45, 2.75) is 19.9 Å². The number of thiocarbonyl (C=S) groups is 1. The monoisotopic (exact) mass is 308 g/mol. The molecule has 0 radical (unpaired) electrons. The van der Waals surface area contributed by atoms with E-state index in [9.17, 15) is 9.59 Å². The van der Waals surface area contributed by atoms with Gasteiger partial charge in [0.1, 0.15) is 4.99 Å². The number of hydrogen-bond donors (Lipinski definition) is 3. The highest BCUT2D eigenvalue weighted by Gasteiger charge is 2.17. The number of anilines is 1.